The molecule has 0 heterocycles. The first-order valence-corrected chi connectivity index (χ1v) is 5.26. The molecule has 0 saturated carbocycles. The average Bonchev–Trinajstić information content (AvgIpc) is 1.84. The Bertz CT molecular complexity index is 181. The van der Waals surface area contributed by atoms with Gasteiger partial charge in [0, 0.05) is 27.7 Å². The lowest BCUT2D eigenvalue weighted by atomic mass is 10.3. The average molecular weight is 192 g/mol. The van der Waals surface area contributed by atoms with Gasteiger partial charge in [0.05, 0.1) is 0 Å². The third-order valence-electron chi connectivity index (χ3n) is 1.40. The molecule has 0 aliphatic carbocycles. The van der Waals surface area contributed by atoms with E-state index in [-0.39, 0.29) is 11.2 Å². The fourth-order valence-electron chi connectivity index (χ4n) is 0.661. The minimum Gasteiger partial charge on any atom is -0.481 e. The molecule has 0 aliphatic rings. The molecule has 0 rings (SSSR count). The van der Waals surface area contributed by atoms with E-state index in [2.05, 4.69) is 0 Å². The van der Waals surface area contributed by atoms with Gasteiger partial charge >= 0.3 is 5.97 Å². The number of aliphatic carboxylic acids is 1. The highest BCUT2D eigenvalue weighted by Crippen LogP contribution is 2.12. The third-order valence-corrected chi connectivity index (χ3v) is 3.43. The molecule has 0 radical (unpaired) electrons. The highest BCUT2D eigenvalue weighted by Gasteiger charge is 2.18. The molecular weight excluding hydrogens is 176 g/mol. The van der Waals surface area contributed by atoms with Crippen LogP contribution in [0, 0.1) is 0 Å². The van der Waals surface area contributed by atoms with Gasteiger partial charge in [0.1, 0.15) is 0 Å². The summed E-state index contributed by atoms with van der Waals surface area (Å²) in [6.45, 7) is 5.68. The van der Waals surface area contributed by atoms with Crippen molar-refractivity contribution in [3.05, 3.63) is 0 Å². The number of carboxylic acids is 1. The van der Waals surface area contributed by atoms with E-state index in [0.29, 0.717) is 12.2 Å². The standard InChI is InChI=1S/C8H16O3S/c1-8(2,3)12(11)6-4-5-7(9)10/h4-6H2,1-3H3,(H,9,10). The van der Waals surface area contributed by atoms with Gasteiger partial charge in [0.25, 0.3) is 0 Å². The van der Waals surface area contributed by atoms with Crippen LogP contribution in [0.25, 0.3) is 0 Å². The van der Waals surface area contributed by atoms with Crippen molar-refractivity contribution in [3.8, 4) is 0 Å². The first kappa shape index (κ1) is 11.6. The van der Waals surface area contributed by atoms with Crippen molar-refractivity contribution in [2.24, 2.45) is 0 Å². The van der Waals surface area contributed by atoms with Crippen molar-refractivity contribution >= 4 is 16.8 Å². The van der Waals surface area contributed by atoms with Gasteiger partial charge in [-0.25, -0.2) is 0 Å². The summed E-state index contributed by atoms with van der Waals surface area (Å²) in [5.41, 5.74) is 0. The molecule has 0 aromatic rings. The molecule has 1 unspecified atom stereocenters. The molecule has 0 fully saturated rings. The summed E-state index contributed by atoms with van der Waals surface area (Å²) in [7, 11) is -0.917. The lowest BCUT2D eigenvalue weighted by Crippen LogP contribution is -2.24. The van der Waals surface area contributed by atoms with Crippen LogP contribution < -0.4 is 0 Å². The van der Waals surface area contributed by atoms with Gasteiger partial charge in [-0.3, -0.25) is 9.00 Å². The van der Waals surface area contributed by atoms with Gasteiger partial charge in [0.15, 0.2) is 0 Å². The van der Waals surface area contributed by atoms with Crippen molar-refractivity contribution < 1.29 is 14.1 Å². The maximum atomic E-state index is 11.4. The van der Waals surface area contributed by atoms with Crippen LogP contribution in [0.15, 0.2) is 0 Å². The molecule has 0 bridgehead atoms. The quantitative estimate of drug-likeness (QED) is 0.732. The highest BCUT2D eigenvalue weighted by atomic mass is 32.2. The molecule has 0 aliphatic heterocycles. The van der Waals surface area contributed by atoms with E-state index in [4.69, 9.17) is 5.11 Å². The number of carboxylic acid groups (broad SMARTS) is 1. The van der Waals surface area contributed by atoms with E-state index in [1.807, 2.05) is 20.8 Å². The Hall–Kier alpha value is -0.380. The van der Waals surface area contributed by atoms with Crippen LogP contribution in [-0.4, -0.2) is 25.8 Å². The van der Waals surface area contributed by atoms with Crippen molar-refractivity contribution in [2.75, 3.05) is 5.75 Å². The van der Waals surface area contributed by atoms with E-state index in [1.54, 1.807) is 0 Å². The molecule has 0 amide bonds. The molecule has 1 N–H and O–H groups in total. The normalized spacial score (nSPS) is 14.2. The largest absolute Gasteiger partial charge is 0.481 e. The van der Waals surface area contributed by atoms with Crippen LogP contribution in [0.2, 0.25) is 0 Å². The lowest BCUT2D eigenvalue weighted by Gasteiger charge is -2.16. The first-order chi connectivity index (χ1) is 5.34. The predicted molar refractivity (Wildman–Crippen MR) is 49.6 cm³/mol. The van der Waals surface area contributed by atoms with Crippen LogP contribution in [-0.2, 0) is 15.6 Å². The molecule has 72 valence electrons. The van der Waals surface area contributed by atoms with E-state index in [9.17, 15) is 9.00 Å². The lowest BCUT2D eigenvalue weighted by molar-refractivity contribution is -0.137. The van der Waals surface area contributed by atoms with Gasteiger partial charge in [-0.2, -0.15) is 0 Å². The van der Waals surface area contributed by atoms with Crippen LogP contribution in [0.1, 0.15) is 33.6 Å². The monoisotopic (exact) mass is 192 g/mol. The summed E-state index contributed by atoms with van der Waals surface area (Å²) in [6, 6.07) is 0. The molecule has 3 nitrogen and oxygen atoms in total. The summed E-state index contributed by atoms with van der Waals surface area (Å²) in [5.74, 6) is -0.337. The summed E-state index contributed by atoms with van der Waals surface area (Å²) in [5, 5.41) is 8.33. The second kappa shape index (κ2) is 4.60. The van der Waals surface area contributed by atoms with Crippen LogP contribution in [0.4, 0.5) is 0 Å². The van der Waals surface area contributed by atoms with Crippen LogP contribution >= 0.6 is 0 Å². The minimum absolute atomic E-state index is 0.113. The van der Waals surface area contributed by atoms with Crippen molar-refractivity contribution in [1.29, 1.82) is 0 Å². The van der Waals surface area contributed by atoms with Crippen molar-refractivity contribution in [3.63, 3.8) is 0 Å². The Balaban J connectivity index is 3.66. The van der Waals surface area contributed by atoms with E-state index >= 15 is 0 Å². The zero-order valence-electron chi connectivity index (χ0n) is 7.79. The van der Waals surface area contributed by atoms with Gasteiger partial charge in [-0.05, 0) is 27.2 Å². The van der Waals surface area contributed by atoms with Gasteiger partial charge in [-0.15, -0.1) is 0 Å². The smallest absolute Gasteiger partial charge is 0.303 e. The topological polar surface area (TPSA) is 54.4 Å². The second-order valence-electron chi connectivity index (χ2n) is 3.66. The van der Waals surface area contributed by atoms with Crippen LogP contribution in [0.5, 0.6) is 0 Å². The zero-order valence-corrected chi connectivity index (χ0v) is 8.61. The van der Waals surface area contributed by atoms with Crippen LogP contribution in [0.3, 0.4) is 0 Å². The van der Waals surface area contributed by atoms with Crippen molar-refractivity contribution in [1.82, 2.24) is 0 Å². The molecule has 4 heteroatoms. The van der Waals surface area contributed by atoms with Gasteiger partial charge in [0.2, 0.25) is 0 Å². The second-order valence-corrected chi connectivity index (χ2v) is 5.98. The Labute approximate surface area is 75.6 Å². The molecular formula is C8H16O3S. The Morgan fingerprint density at radius 1 is 1.42 bits per heavy atom. The van der Waals surface area contributed by atoms with Gasteiger partial charge in [-0.1, -0.05) is 0 Å². The predicted octanol–water partition coefficient (Wildman–Crippen LogP) is 1.40. The highest BCUT2D eigenvalue weighted by molar-refractivity contribution is 7.86. The Morgan fingerprint density at radius 2 is 1.92 bits per heavy atom. The summed E-state index contributed by atoms with van der Waals surface area (Å²) in [6.07, 6.45) is 0.612. The SMILES string of the molecule is CC(C)(C)S(=O)CCCC(=O)O. The zero-order chi connectivity index (χ0) is 9.78. The number of rotatable bonds is 4. The summed E-state index contributed by atoms with van der Waals surface area (Å²) < 4.78 is 11.1. The number of hydrogen-bond donors (Lipinski definition) is 1. The Kier molecular flexibility index (Phi) is 4.45. The Morgan fingerprint density at radius 3 is 2.25 bits per heavy atom. The molecule has 1 atom stereocenters. The fourth-order valence-corrected chi connectivity index (χ4v) is 1.68. The summed E-state index contributed by atoms with van der Waals surface area (Å²) >= 11 is 0. The maximum absolute atomic E-state index is 11.4. The van der Waals surface area contributed by atoms with E-state index < -0.39 is 16.8 Å². The summed E-state index contributed by atoms with van der Waals surface area (Å²) in [4.78, 5) is 10.1. The molecule has 12 heavy (non-hydrogen) atoms. The first-order valence-electron chi connectivity index (χ1n) is 3.94. The van der Waals surface area contributed by atoms with Gasteiger partial charge < -0.3 is 5.11 Å². The minimum atomic E-state index is -0.917. The van der Waals surface area contributed by atoms with E-state index in [1.165, 1.54) is 0 Å². The molecule has 0 aromatic carbocycles. The van der Waals surface area contributed by atoms with E-state index in [0.717, 1.165) is 0 Å². The number of carbonyl (C=O) groups is 1. The number of hydrogen-bond acceptors (Lipinski definition) is 2. The molecule has 0 saturated heterocycles. The molecule has 0 spiro atoms. The maximum Gasteiger partial charge on any atom is 0.303 e. The third kappa shape index (κ3) is 5.29. The molecule has 0 aromatic heterocycles. The fraction of sp³-hybridized carbons (Fsp3) is 0.875. The van der Waals surface area contributed by atoms with Crippen molar-refractivity contribution in [2.45, 2.75) is 38.4 Å².